The van der Waals surface area contributed by atoms with Crippen molar-refractivity contribution in [3.8, 4) is 0 Å². The third kappa shape index (κ3) is 0.609. The van der Waals surface area contributed by atoms with Crippen molar-refractivity contribution >= 4 is 0 Å². The van der Waals surface area contributed by atoms with Gasteiger partial charge in [-0.25, -0.2) is 4.98 Å². The van der Waals surface area contributed by atoms with Crippen LogP contribution in [0.2, 0.25) is 0 Å². The van der Waals surface area contributed by atoms with Gasteiger partial charge in [0.15, 0.2) is 0 Å². The average Bonchev–Trinajstić information content (AvgIpc) is 2.41. The quantitative estimate of drug-likeness (QED) is 0.561. The predicted molar refractivity (Wildman–Crippen MR) is 38.5 cm³/mol. The maximum Gasteiger partial charge on any atom is 0.0949 e. The fourth-order valence-electron chi connectivity index (χ4n) is 1.52. The van der Waals surface area contributed by atoms with Gasteiger partial charge in [-0.2, -0.15) is 0 Å². The molecule has 0 unspecified atom stereocenters. The lowest BCUT2D eigenvalue weighted by molar-refractivity contribution is 0.684. The summed E-state index contributed by atoms with van der Waals surface area (Å²) in [4.78, 5) is 4.22. The normalized spacial score (nSPS) is 23.2. The van der Waals surface area contributed by atoms with Crippen molar-refractivity contribution in [2.75, 3.05) is 0 Å². The van der Waals surface area contributed by atoms with E-state index in [-0.39, 0.29) is 6.04 Å². The highest BCUT2D eigenvalue weighted by Crippen LogP contribution is 2.26. The Morgan fingerprint density at radius 2 is 2.60 bits per heavy atom. The van der Waals surface area contributed by atoms with Gasteiger partial charge in [-0.05, 0) is 12.8 Å². The molecule has 0 fully saturated rings. The van der Waals surface area contributed by atoms with Crippen molar-refractivity contribution < 1.29 is 0 Å². The molecule has 1 atom stereocenters. The first kappa shape index (κ1) is 5.92. The zero-order chi connectivity index (χ0) is 7.14. The molecule has 0 aliphatic heterocycles. The molecule has 1 aromatic heterocycles. The maximum atomic E-state index is 5.78. The summed E-state index contributed by atoms with van der Waals surface area (Å²) in [6.45, 7) is 0. The lowest BCUT2D eigenvalue weighted by Gasteiger charge is -1.95. The van der Waals surface area contributed by atoms with Crippen LogP contribution >= 0.6 is 0 Å². The lowest BCUT2D eigenvalue weighted by Crippen LogP contribution is -2.05. The molecule has 2 N–H and O–H groups in total. The number of nitrogens with zero attached hydrogens (tertiary/aromatic N) is 2. The number of fused-ring (bicyclic) bond motifs is 1. The fraction of sp³-hybridized carbons (Fsp3) is 0.571. The minimum absolute atomic E-state index is 0.191. The van der Waals surface area contributed by atoms with Crippen molar-refractivity contribution in [1.29, 1.82) is 0 Å². The second kappa shape index (κ2) is 1.83. The molecule has 3 nitrogen and oxygen atoms in total. The third-order valence-corrected chi connectivity index (χ3v) is 2.13. The van der Waals surface area contributed by atoms with E-state index in [0.717, 1.165) is 18.5 Å². The van der Waals surface area contributed by atoms with Gasteiger partial charge in [-0.1, -0.05) is 0 Å². The Hall–Kier alpha value is -0.830. The van der Waals surface area contributed by atoms with Crippen LogP contribution in [0.15, 0.2) is 6.33 Å². The molecule has 0 spiro atoms. The smallest absolute Gasteiger partial charge is 0.0949 e. The van der Waals surface area contributed by atoms with Crippen LogP contribution in [0.5, 0.6) is 0 Å². The molecule has 1 heterocycles. The van der Waals surface area contributed by atoms with Crippen LogP contribution in [0.25, 0.3) is 0 Å². The molecule has 0 bridgehead atoms. The minimum Gasteiger partial charge on any atom is -0.337 e. The number of hydrogen-bond donors (Lipinski definition) is 1. The van der Waals surface area contributed by atoms with Crippen LogP contribution < -0.4 is 5.73 Å². The van der Waals surface area contributed by atoms with Crippen molar-refractivity contribution in [3.05, 3.63) is 17.7 Å². The van der Waals surface area contributed by atoms with Crippen LogP contribution in [0.1, 0.15) is 23.9 Å². The zero-order valence-corrected chi connectivity index (χ0v) is 6.04. The Kier molecular flexibility index (Phi) is 1.08. The molecule has 2 rings (SSSR count). The Labute approximate surface area is 59.9 Å². The predicted octanol–water partition coefficient (Wildman–Crippen LogP) is 0.366. The van der Waals surface area contributed by atoms with E-state index in [1.165, 1.54) is 5.69 Å². The molecule has 0 saturated heterocycles. The molecule has 1 aliphatic rings. The lowest BCUT2D eigenvalue weighted by atomic mass is 10.3. The van der Waals surface area contributed by atoms with Crippen molar-refractivity contribution in [3.63, 3.8) is 0 Å². The monoisotopic (exact) mass is 137 g/mol. The summed E-state index contributed by atoms with van der Waals surface area (Å²) in [5.74, 6) is 0. The van der Waals surface area contributed by atoms with E-state index in [1.54, 1.807) is 0 Å². The summed E-state index contributed by atoms with van der Waals surface area (Å²) >= 11 is 0. The molecular weight excluding hydrogens is 126 g/mol. The van der Waals surface area contributed by atoms with Gasteiger partial charge in [0, 0.05) is 18.8 Å². The third-order valence-electron chi connectivity index (χ3n) is 2.13. The zero-order valence-electron chi connectivity index (χ0n) is 6.04. The molecule has 10 heavy (non-hydrogen) atoms. The number of hydrogen-bond acceptors (Lipinski definition) is 2. The van der Waals surface area contributed by atoms with E-state index in [2.05, 4.69) is 9.55 Å². The molecular formula is C7H11N3. The highest BCUT2D eigenvalue weighted by molar-refractivity contribution is 5.22. The fourth-order valence-corrected chi connectivity index (χ4v) is 1.52. The summed E-state index contributed by atoms with van der Waals surface area (Å²) in [6.07, 6.45) is 3.99. The molecule has 0 amide bonds. The Balaban J connectivity index is 2.53. The second-order valence-electron chi connectivity index (χ2n) is 2.83. The van der Waals surface area contributed by atoms with E-state index in [1.807, 2.05) is 13.4 Å². The summed E-state index contributed by atoms with van der Waals surface area (Å²) in [5, 5.41) is 0. The average molecular weight is 137 g/mol. The Morgan fingerprint density at radius 3 is 3.30 bits per heavy atom. The summed E-state index contributed by atoms with van der Waals surface area (Å²) in [6, 6.07) is 0.191. The van der Waals surface area contributed by atoms with Crippen molar-refractivity contribution in [2.45, 2.75) is 18.9 Å². The number of nitrogens with two attached hydrogens (primary N) is 1. The first-order valence-corrected chi connectivity index (χ1v) is 3.54. The topological polar surface area (TPSA) is 43.8 Å². The van der Waals surface area contributed by atoms with Crippen LogP contribution in [-0.2, 0) is 13.5 Å². The molecule has 0 aromatic carbocycles. The Morgan fingerprint density at radius 1 is 1.80 bits per heavy atom. The van der Waals surface area contributed by atoms with E-state index in [0.29, 0.717) is 0 Å². The highest BCUT2D eigenvalue weighted by Gasteiger charge is 2.22. The first-order valence-electron chi connectivity index (χ1n) is 3.54. The summed E-state index contributed by atoms with van der Waals surface area (Å²) in [5.41, 5.74) is 8.20. The standard InChI is InChI=1S/C7H11N3/c1-10-4-9-7-5(8)2-3-6(7)10/h4-5H,2-3,8H2,1H3/t5-/m0/s1. The Bertz CT molecular complexity index is 251. The van der Waals surface area contributed by atoms with Gasteiger partial charge >= 0.3 is 0 Å². The van der Waals surface area contributed by atoms with Gasteiger partial charge < -0.3 is 10.3 Å². The van der Waals surface area contributed by atoms with Crippen molar-refractivity contribution in [2.24, 2.45) is 12.8 Å². The molecule has 3 heteroatoms. The molecule has 1 aliphatic carbocycles. The van der Waals surface area contributed by atoms with E-state index in [4.69, 9.17) is 5.73 Å². The minimum atomic E-state index is 0.191. The molecule has 0 saturated carbocycles. The summed E-state index contributed by atoms with van der Waals surface area (Å²) in [7, 11) is 2.02. The summed E-state index contributed by atoms with van der Waals surface area (Å²) < 4.78 is 2.06. The van der Waals surface area contributed by atoms with E-state index < -0.39 is 0 Å². The van der Waals surface area contributed by atoms with E-state index >= 15 is 0 Å². The van der Waals surface area contributed by atoms with Crippen LogP contribution in [0.4, 0.5) is 0 Å². The SMILES string of the molecule is Cn1cnc2c1CC[C@@H]2N. The van der Waals surface area contributed by atoms with Gasteiger partial charge in [0.25, 0.3) is 0 Å². The number of imidazole rings is 1. The molecule has 54 valence electrons. The van der Waals surface area contributed by atoms with Crippen LogP contribution in [0.3, 0.4) is 0 Å². The molecule has 0 radical (unpaired) electrons. The molecule has 1 aromatic rings. The van der Waals surface area contributed by atoms with Gasteiger partial charge in [0.2, 0.25) is 0 Å². The van der Waals surface area contributed by atoms with Gasteiger partial charge in [0.05, 0.1) is 12.0 Å². The van der Waals surface area contributed by atoms with Gasteiger partial charge in [0.1, 0.15) is 0 Å². The number of aromatic nitrogens is 2. The first-order chi connectivity index (χ1) is 4.79. The number of rotatable bonds is 0. The van der Waals surface area contributed by atoms with E-state index in [9.17, 15) is 0 Å². The largest absolute Gasteiger partial charge is 0.337 e. The number of aryl methyl sites for hydroxylation is 1. The van der Waals surface area contributed by atoms with Crippen LogP contribution in [0, 0.1) is 0 Å². The van der Waals surface area contributed by atoms with Crippen LogP contribution in [-0.4, -0.2) is 9.55 Å². The van der Waals surface area contributed by atoms with Gasteiger partial charge in [-0.3, -0.25) is 0 Å². The van der Waals surface area contributed by atoms with Gasteiger partial charge in [-0.15, -0.1) is 0 Å². The highest BCUT2D eigenvalue weighted by atomic mass is 15.1. The maximum absolute atomic E-state index is 5.78. The van der Waals surface area contributed by atoms with Crippen molar-refractivity contribution in [1.82, 2.24) is 9.55 Å². The second-order valence-corrected chi connectivity index (χ2v) is 2.83.